The van der Waals surface area contributed by atoms with E-state index >= 15 is 0 Å². The van der Waals surface area contributed by atoms with Crippen LogP contribution in [0.25, 0.3) is 0 Å². The maximum atomic E-state index is 14.3. The molecular weight excluding hydrogens is 574 g/mol. The molecule has 4 aliphatic rings. The number of likely N-dealkylation sites (tertiary alicyclic amines) is 1. The molecule has 4 atom stereocenters. The van der Waals surface area contributed by atoms with Crippen LogP contribution in [-0.2, 0) is 23.9 Å². The molecular formula is C35H51N3O7. The summed E-state index contributed by atoms with van der Waals surface area (Å²) >= 11 is 0. The standard InChI is InChI=1S/C35H51N3O7/c1-5-6-7-8-9-10-15-38-29-22-28(24(2)3)45-31(25-13-14-25)35(29,34(42)43-4)23-26(32(38)40)21-30(39)36-16-18-37(19-17-36)33(41)27-12-11-20-44-27/h11-12,20,22,24-26,28,31H,5-10,13-19,21,23H2,1-4H3/t26-,28+,31+,35+/m0/s1. The summed E-state index contributed by atoms with van der Waals surface area (Å²) < 4.78 is 17.5. The van der Waals surface area contributed by atoms with Crippen LogP contribution in [0.5, 0.6) is 0 Å². The van der Waals surface area contributed by atoms with Crippen molar-refractivity contribution in [2.45, 2.75) is 97.2 Å². The minimum atomic E-state index is -1.13. The van der Waals surface area contributed by atoms with Gasteiger partial charge in [-0.1, -0.05) is 52.9 Å². The zero-order valence-corrected chi connectivity index (χ0v) is 27.5. The lowest BCUT2D eigenvalue weighted by molar-refractivity contribution is -0.182. The molecule has 248 valence electrons. The number of methoxy groups -OCH3 is 1. The van der Waals surface area contributed by atoms with Crippen molar-refractivity contribution in [3.8, 4) is 0 Å². The van der Waals surface area contributed by atoms with Gasteiger partial charge in [-0.2, -0.15) is 0 Å². The van der Waals surface area contributed by atoms with Crippen LogP contribution < -0.4 is 0 Å². The second-order valence-electron chi connectivity index (χ2n) is 13.6. The van der Waals surface area contributed by atoms with Crippen molar-refractivity contribution >= 4 is 23.7 Å². The molecule has 4 heterocycles. The van der Waals surface area contributed by atoms with E-state index in [1.807, 2.05) is 11.0 Å². The van der Waals surface area contributed by atoms with E-state index in [0.29, 0.717) is 32.7 Å². The SMILES string of the molecule is CCCCCCCCN1C(=O)[C@@H](CC(=O)N2CCN(C(=O)c3ccco3)CC2)C[C@@]2(C(=O)OC)C1=C[C@H](C(C)C)O[C@@H]2C1CC1. The van der Waals surface area contributed by atoms with Gasteiger partial charge in [0.1, 0.15) is 5.41 Å². The number of carbonyl (C=O) groups excluding carboxylic acids is 4. The number of ether oxygens (including phenoxy) is 2. The molecule has 0 radical (unpaired) electrons. The highest BCUT2D eigenvalue weighted by Gasteiger charge is 2.63. The quantitative estimate of drug-likeness (QED) is 0.223. The molecule has 0 bridgehead atoms. The van der Waals surface area contributed by atoms with Gasteiger partial charge < -0.3 is 28.6 Å². The first kappa shape index (κ1) is 33.2. The Morgan fingerprint density at radius 2 is 1.71 bits per heavy atom. The van der Waals surface area contributed by atoms with Gasteiger partial charge >= 0.3 is 5.97 Å². The van der Waals surface area contributed by atoms with E-state index in [0.717, 1.165) is 37.8 Å². The van der Waals surface area contributed by atoms with Gasteiger partial charge in [0.2, 0.25) is 11.8 Å². The Balaban J connectivity index is 1.37. The molecule has 3 aliphatic heterocycles. The summed E-state index contributed by atoms with van der Waals surface area (Å²) in [6.45, 7) is 8.44. The minimum Gasteiger partial charge on any atom is -0.468 e. The number of hydrogen-bond donors (Lipinski definition) is 0. The third-order valence-electron chi connectivity index (χ3n) is 10.1. The summed E-state index contributed by atoms with van der Waals surface area (Å²) in [5.74, 6) is -0.786. The molecule has 0 aromatic carbocycles. The van der Waals surface area contributed by atoms with E-state index in [9.17, 15) is 19.2 Å². The molecule has 10 heteroatoms. The largest absolute Gasteiger partial charge is 0.468 e. The zero-order valence-electron chi connectivity index (χ0n) is 27.5. The number of amides is 3. The van der Waals surface area contributed by atoms with Crippen molar-refractivity contribution in [2.75, 3.05) is 39.8 Å². The van der Waals surface area contributed by atoms with Crippen LogP contribution in [0, 0.1) is 23.2 Å². The molecule has 1 aliphatic carbocycles. The molecule has 45 heavy (non-hydrogen) atoms. The first-order chi connectivity index (χ1) is 21.7. The van der Waals surface area contributed by atoms with E-state index in [1.165, 1.54) is 32.6 Å². The van der Waals surface area contributed by atoms with Gasteiger partial charge in [-0.25, -0.2) is 0 Å². The maximum absolute atomic E-state index is 14.3. The van der Waals surface area contributed by atoms with Crippen LogP contribution in [0.1, 0.15) is 95.5 Å². The number of nitrogens with zero attached hydrogens (tertiary/aromatic N) is 3. The van der Waals surface area contributed by atoms with Crippen molar-refractivity contribution in [3.63, 3.8) is 0 Å². The van der Waals surface area contributed by atoms with Gasteiger partial charge in [-0.05, 0) is 55.7 Å². The number of esters is 1. The van der Waals surface area contributed by atoms with Gasteiger partial charge in [0.05, 0.1) is 25.6 Å². The predicted molar refractivity (Wildman–Crippen MR) is 168 cm³/mol. The Kier molecular flexibility index (Phi) is 10.7. The monoisotopic (exact) mass is 625 g/mol. The molecule has 1 aromatic heterocycles. The first-order valence-corrected chi connectivity index (χ1v) is 17.1. The summed E-state index contributed by atoms with van der Waals surface area (Å²) in [4.78, 5) is 60.0. The van der Waals surface area contributed by atoms with E-state index < -0.39 is 17.4 Å². The fourth-order valence-corrected chi connectivity index (χ4v) is 7.38. The molecule has 0 N–H and O–H groups in total. The molecule has 2 saturated heterocycles. The summed E-state index contributed by atoms with van der Waals surface area (Å²) in [5, 5.41) is 0. The molecule has 0 spiro atoms. The lowest BCUT2D eigenvalue weighted by atomic mass is 9.64. The third kappa shape index (κ3) is 7.00. The van der Waals surface area contributed by atoms with E-state index in [-0.39, 0.29) is 60.2 Å². The van der Waals surface area contributed by atoms with Crippen LogP contribution in [0.2, 0.25) is 0 Å². The Morgan fingerprint density at radius 1 is 1.02 bits per heavy atom. The molecule has 3 fully saturated rings. The van der Waals surface area contributed by atoms with E-state index in [2.05, 4.69) is 20.8 Å². The summed E-state index contributed by atoms with van der Waals surface area (Å²) in [6, 6.07) is 3.32. The van der Waals surface area contributed by atoms with Gasteiger partial charge in [0.25, 0.3) is 5.91 Å². The number of unbranched alkanes of at least 4 members (excludes halogenated alkanes) is 5. The normalized spacial score (nSPS) is 27.0. The number of piperidine rings is 1. The number of hydrogen-bond acceptors (Lipinski definition) is 7. The number of furan rings is 1. The molecule has 5 rings (SSSR count). The number of piperazine rings is 1. The van der Waals surface area contributed by atoms with Gasteiger partial charge in [-0.15, -0.1) is 0 Å². The lowest BCUT2D eigenvalue weighted by Crippen LogP contribution is -2.62. The van der Waals surface area contributed by atoms with Gasteiger partial charge in [-0.3, -0.25) is 19.2 Å². The van der Waals surface area contributed by atoms with Crippen molar-refractivity contribution in [1.29, 1.82) is 0 Å². The fraction of sp³-hybridized carbons (Fsp3) is 0.714. The Labute approximate surface area is 267 Å². The van der Waals surface area contributed by atoms with Gasteiger partial charge in [0, 0.05) is 50.8 Å². The number of fused-ring (bicyclic) bond motifs is 1. The second-order valence-corrected chi connectivity index (χ2v) is 13.6. The van der Waals surface area contributed by atoms with Crippen molar-refractivity contribution < 1.29 is 33.1 Å². The molecule has 1 aromatic rings. The average molecular weight is 626 g/mol. The van der Waals surface area contributed by atoms with Gasteiger partial charge in [0.15, 0.2) is 5.76 Å². The molecule has 3 amide bonds. The summed E-state index contributed by atoms with van der Waals surface area (Å²) in [5.41, 5.74) is -0.403. The molecule has 0 unspecified atom stereocenters. The third-order valence-corrected chi connectivity index (χ3v) is 10.1. The smallest absolute Gasteiger partial charge is 0.320 e. The van der Waals surface area contributed by atoms with E-state index in [4.69, 9.17) is 13.9 Å². The number of rotatable bonds is 13. The first-order valence-electron chi connectivity index (χ1n) is 17.1. The molecule has 1 saturated carbocycles. The predicted octanol–water partition coefficient (Wildman–Crippen LogP) is 5.04. The molecule has 10 nitrogen and oxygen atoms in total. The highest BCUT2D eigenvalue weighted by molar-refractivity contribution is 5.93. The maximum Gasteiger partial charge on any atom is 0.320 e. The lowest BCUT2D eigenvalue weighted by Gasteiger charge is -2.53. The van der Waals surface area contributed by atoms with Crippen LogP contribution >= 0.6 is 0 Å². The Hall–Kier alpha value is -3.14. The minimum absolute atomic E-state index is 0.00891. The van der Waals surface area contributed by atoms with Crippen LogP contribution in [0.15, 0.2) is 34.6 Å². The second kappa shape index (κ2) is 14.5. The topological polar surface area (TPSA) is 110 Å². The summed E-state index contributed by atoms with van der Waals surface area (Å²) in [6.07, 6.45) is 11.5. The van der Waals surface area contributed by atoms with Crippen LogP contribution in [0.4, 0.5) is 0 Å². The highest BCUT2D eigenvalue weighted by atomic mass is 16.5. The average Bonchev–Trinajstić information content (AvgIpc) is 3.74. The zero-order chi connectivity index (χ0) is 32.1. The Morgan fingerprint density at radius 3 is 2.33 bits per heavy atom. The summed E-state index contributed by atoms with van der Waals surface area (Å²) in [7, 11) is 1.41. The van der Waals surface area contributed by atoms with Crippen molar-refractivity contribution in [2.24, 2.45) is 23.2 Å². The number of carbonyl (C=O) groups is 4. The van der Waals surface area contributed by atoms with Crippen molar-refractivity contribution in [3.05, 3.63) is 35.9 Å². The van der Waals surface area contributed by atoms with Crippen molar-refractivity contribution in [1.82, 2.24) is 14.7 Å². The fourth-order valence-electron chi connectivity index (χ4n) is 7.38. The highest BCUT2D eigenvalue weighted by Crippen LogP contribution is 2.56. The van der Waals surface area contributed by atoms with Crippen LogP contribution in [-0.4, -0.2) is 90.4 Å². The van der Waals surface area contributed by atoms with E-state index in [1.54, 1.807) is 21.9 Å². The Bertz CT molecular complexity index is 1230. The van der Waals surface area contributed by atoms with Crippen LogP contribution in [0.3, 0.4) is 0 Å².